The Morgan fingerprint density at radius 2 is 2.29 bits per heavy atom. The Morgan fingerprint density at radius 3 is 3.00 bits per heavy atom. The van der Waals surface area contributed by atoms with Gasteiger partial charge in [-0.1, -0.05) is 18.2 Å². The second-order valence-corrected chi connectivity index (χ2v) is 4.52. The number of rotatable bonds is 4. The van der Waals surface area contributed by atoms with Crippen molar-refractivity contribution in [3.63, 3.8) is 0 Å². The van der Waals surface area contributed by atoms with E-state index in [4.69, 9.17) is 4.74 Å². The van der Waals surface area contributed by atoms with Crippen molar-refractivity contribution in [2.75, 3.05) is 33.3 Å². The average molecular weight is 236 g/mol. The molecule has 1 aliphatic heterocycles. The first-order valence-corrected chi connectivity index (χ1v) is 6.03. The molecule has 1 unspecified atom stereocenters. The molecule has 0 saturated carbocycles. The normalized spacial score (nSPS) is 20.7. The zero-order valence-corrected chi connectivity index (χ0v) is 10.2. The van der Waals surface area contributed by atoms with E-state index in [1.54, 1.807) is 6.07 Å². The van der Waals surface area contributed by atoms with Crippen LogP contribution in [0, 0.1) is 0 Å². The van der Waals surface area contributed by atoms with E-state index in [9.17, 15) is 5.11 Å². The van der Waals surface area contributed by atoms with E-state index in [1.165, 1.54) is 0 Å². The van der Waals surface area contributed by atoms with Gasteiger partial charge >= 0.3 is 0 Å². The van der Waals surface area contributed by atoms with Crippen LogP contribution < -0.4 is 5.32 Å². The summed E-state index contributed by atoms with van der Waals surface area (Å²) >= 11 is 0. The maximum Gasteiger partial charge on any atom is 0.120 e. The molecule has 1 heterocycles. The van der Waals surface area contributed by atoms with Crippen LogP contribution in [-0.4, -0.2) is 49.4 Å². The van der Waals surface area contributed by atoms with Crippen LogP contribution in [0.2, 0.25) is 0 Å². The molecule has 94 valence electrons. The molecule has 17 heavy (non-hydrogen) atoms. The van der Waals surface area contributed by atoms with Crippen molar-refractivity contribution in [1.82, 2.24) is 10.2 Å². The van der Waals surface area contributed by atoms with E-state index in [2.05, 4.69) is 10.2 Å². The van der Waals surface area contributed by atoms with Crippen molar-refractivity contribution in [1.29, 1.82) is 0 Å². The summed E-state index contributed by atoms with van der Waals surface area (Å²) in [5.74, 6) is 0.363. The van der Waals surface area contributed by atoms with Gasteiger partial charge < -0.3 is 15.2 Å². The molecule has 1 saturated heterocycles. The predicted molar refractivity (Wildman–Crippen MR) is 67.1 cm³/mol. The topological polar surface area (TPSA) is 44.7 Å². The number of para-hydroxylation sites is 1. The van der Waals surface area contributed by atoms with Gasteiger partial charge in [-0.2, -0.15) is 0 Å². The molecule has 4 heteroatoms. The highest BCUT2D eigenvalue weighted by atomic mass is 16.5. The Labute approximate surface area is 102 Å². The number of phenolic OH excluding ortho intramolecular Hbond substituents is 1. The summed E-state index contributed by atoms with van der Waals surface area (Å²) in [5, 5.41) is 13.0. The molecule has 0 aromatic heterocycles. The molecule has 1 atom stereocenters. The smallest absolute Gasteiger partial charge is 0.120 e. The number of phenols is 1. The Bertz CT molecular complexity index is 351. The minimum absolute atomic E-state index is 0.250. The molecule has 2 rings (SSSR count). The van der Waals surface area contributed by atoms with Gasteiger partial charge in [0.2, 0.25) is 0 Å². The van der Waals surface area contributed by atoms with Crippen LogP contribution in [0.25, 0.3) is 0 Å². The van der Waals surface area contributed by atoms with Crippen LogP contribution in [0.3, 0.4) is 0 Å². The second-order valence-electron chi connectivity index (χ2n) is 4.52. The fraction of sp³-hybridized carbons (Fsp3) is 0.538. The monoisotopic (exact) mass is 236 g/mol. The summed E-state index contributed by atoms with van der Waals surface area (Å²) in [6.07, 6.45) is 0.250. The van der Waals surface area contributed by atoms with Gasteiger partial charge in [-0.3, -0.25) is 4.90 Å². The highest BCUT2D eigenvalue weighted by Gasteiger charge is 2.15. The molecule has 0 spiro atoms. The van der Waals surface area contributed by atoms with Crippen LogP contribution in [0.4, 0.5) is 0 Å². The molecule has 1 aliphatic rings. The molecule has 0 amide bonds. The van der Waals surface area contributed by atoms with E-state index >= 15 is 0 Å². The summed E-state index contributed by atoms with van der Waals surface area (Å²) in [7, 11) is 2.05. The lowest BCUT2D eigenvalue weighted by Crippen LogP contribution is -2.44. The van der Waals surface area contributed by atoms with Gasteiger partial charge in [-0.25, -0.2) is 0 Å². The Morgan fingerprint density at radius 1 is 1.47 bits per heavy atom. The SMILES string of the molecule is CN(Cc1ccccc1O)CC1CNCCO1. The van der Waals surface area contributed by atoms with Crippen LogP contribution in [-0.2, 0) is 11.3 Å². The minimum atomic E-state index is 0.250. The van der Waals surface area contributed by atoms with Crippen molar-refractivity contribution in [3.8, 4) is 5.75 Å². The standard InChI is InChI=1S/C13H20N2O2/c1-15(10-12-8-14-6-7-17-12)9-11-4-2-3-5-13(11)16/h2-5,12,14,16H,6-10H2,1H3. The number of ether oxygens (including phenoxy) is 1. The molecule has 1 aromatic rings. The lowest BCUT2D eigenvalue weighted by Gasteiger charge is -2.28. The molecule has 0 bridgehead atoms. The number of morpholine rings is 1. The largest absolute Gasteiger partial charge is 0.508 e. The van der Waals surface area contributed by atoms with Gasteiger partial charge in [0, 0.05) is 31.7 Å². The minimum Gasteiger partial charge on any atom is -0.508 e. The molecule has 2 N–H and O–H groups in total. The number of aromatic hydroxyl groups is 1. The number of hydrogen-bond donors (Lipinski definition) is 2. The third-order valence-corrected chi connectivity index (χ3v) is 2.95. The molecule has 1 fully saturated rings. The third-order valence-electron chi connectivity index (χ3n) is 2.95. The first kappa shape index (κ1) is 12.4. The third kappa shape index (κ3) is 3.70. The molecule has 0 radical (unpaired) electrons. The van der Waals surface area contributed by atoms with Gasteiger partial charge in [0.05, 0.1) is 12.7 Å². The zero-order chi connectivity index (χ0) is 12.1. The summed E-state index contributed by atoms with van der Waals surface area (Å²) in [6.45, 7) is 4.26. The highest BCUT2D eigenvalue weighted by Crippen LogP contribution is 2.17. The van der Waals surface area contributed by atoms with Gasteiger partial charge in [0.1, 0.15) is 5.75 Å². The molecular weight excluding hydrogens is 216 g/mol. The van der Waals surface area contributed by atoms with Crippen LogP contribution in [0.15, 0.2) is 24.3 Å². The van der Waals surface area contributed by atoms with Crippen LogP contribution in [0.5, 0.6) is 5.75 Å². The molecule has 4 nitrogen and oxygen atoms in total. The number of nitrogens with zero attached hydrogens (tertiary/aromatic N) is 1. The van der Waals surface area contributed by atoms with Gasteiger partial charge in [-0.15, -0.1) is 0 Å². The number of benzene rings is 1. The van der Waals surface area contributed by atoms with E-state index < -0.39 is 0 Å². The van der Waals surface area contributed by atoms with Crippen molar-refractivity contribution in [2.45, 2.75) is 12.6 Å². The average Bonchev–Trinajstić information content (AvgIpc) is 2.33. The van der Waals surface area contributed by atoms with Crippen molar-refractivity contribution >= 4 is 0 Å². The van der Waals surface area contributed by atoms with E-state index in [-0.39, 0.29) is 6.10 Å². The van der Waals surface area contributed by atoms with Gasteiger partial charge in [0.15, 0.2) is 0 Å². The van der Waals surface area contributed by atoms with Crippen molar-refractivity contribution < 1.29 is 9.84 Å². The van der Waals surface area contributed by atoms with Crippen LogP contribution >= 0.6 is 0 Å². The summed E-state index contributed by atoms with van der Waals surface area (Å²) in [4.78, 5) is 2.17. The first-order valence-electron chi connectivity index (χ1n) is 6.03. The fourth-order valence-electron chi connectivity index (χ4n) is 2.08. The van der Waals surface area contributed by atoms with E-state index in [1.807, 2.05) is 25.2 Å². The second kappa shape index (κ2) is 6.00. The maximum absolute atomic E-state index is 9.69. The Kier molecular flexibility index (Phi) is 4.36. The fourth-order valence-corrected chi connectivity index (χ4v) is 2.08. The number of hydrogen-bond acceptors (Lipinski definition) is 4. The summed E-state index contributed by atoms with van der Waals surface area (Å²) in [6, 6.07) is 7.46. The van der Waals surface area contributed by atoms with Gasteiger partial charge in [0.25, 0.3) is 0 Å². The first-order chi connectivity index (χ1) is 8.25. The Balaban J connectivity index is 1.84. The molecular formula is C13H20N2O2. The summed E-state index contributed by atoms with van der Waals surface area (Å²) in [5.41, 5.74) is 0.957. The molecule has 1 aromatic carbocycles. The van der Waals surface area contributed by atoms with Crippen molar-refractivity contribution in [2.24, 2.45) is 0 Å². The van der Waals surface area contributed by atoms with E-state index in [0.717, 1.165) is 38.3 Å². The highest BCUT2D eigenvalue weighted by molar-refractivity contribution is 5.31. The lowest BCUT2D eigenvalue weighted by atomic mass is 10.2. The lowest BCUT2D eigenvalue weighted by molar-refractivity contribution is 0.00875. The van der Waals surface area contributed by atoms with Crippen LogP contribution in [0.1, 0.15) is 5.56 Å². The number of likely N-dealkylation sites (N-methyl/N-ethyl adjacent to an activating group) is 1. The van der Waals surface area contributed by atoms with Gasteiger partial charge in [-0.05, 0) is 13.1 Å². The quantitative estimate of drug-likeness (QED) is 0.812. The zero-order valence-electron chi connectivity index (χ0n) is 10.2. The summed E-state index contributed by atoms with van der Waals surface area (Å²) < 4.78 is 5.65. The predicted octanol–water partition coefficient (Wildman–Crippen LogP) is 0.812. The Hall–Kier alpha value is -1.10. The molecule has 0 aliphatic carbocycles. The van der Waals surface area contributed by atoms with E-state index in [0.29, 0.717) is 5.75 Å². The maximum atomic E-state index is 9.69. The number of nitrogens with one attached hydrogen (secondary N) is 1. The van der Waals surface area contributed by atoms with Crippen molar-refractivity contribution in [3.05, 3.63) is 29.8 Å².